The van der Waals surface area contributed by atoms with Crippen molar-refractivity contribution in [1.82, 2.24) is 23.9 Å². The zero-order valence-corrected chi connectivity index (χ0v) is 17.7. The number of aromatic nitrogens is 4. The normalized spacial score (nSPS) is 11.0. The molecule has 3 rings (SSSR count). The number of imidazole rings is 1. The lowest BCUT2D eigenvalue weighted by molar-refractivity contribution is 0.349. The molecular formula is C20H23Cl2N7. The molecule has 0 atom stereocenters. The summed E-state index contributed by atoms with van der Waals surface area (Å²) in [4.78, 5) is 15.6. The van der Waals surface area contributed by atoms with Gasteiger partial charge in [-0.25, -0.2) is 14.1 Å². The monoisotopic (exact) mass is 431 g/mol. The molecule has 0 saturated heterocycles. The van der Waals surface area contributed by atoms with Crippen LogP contribution in [0.25, 0.3) is 11.0 Å². The molecule has 152 valence electrons. The molecule has 0 bridgehead atoms. The van der Waals surface area contributed by atoms with E-state index in [2.05, 4.69) is 43.6 Å². The summed E-state index contributed by atoms with van der Waals surface area (Å²) >= 11 is 12.6. The minimum Gasteiger partial charge on any atom is -0.369 e. The first-order chi connectivity index (χ1) is 14.0. The van der Waals surface area contributed by atoms with Gasteiger partial charge in [-0.2, -0.15) is 4.98 Å². The molecular weight excluding hydrogens is 409 g/mol. The van der Waals surface area contributed by atoms with Crippen molar-refractivity contribution in [1.29, 1.82) is 0 Å². The van der Waals surface area contributed by atoms with Crippen molar-refractivity contribution in [2.45, 2.75) is 6.92 Å². The third kappa shape index (κ3) is 5.26. The van der Waals surface area contributed by atoms with E-state index >= 15 is 0 Å². The number of para-hydroxylation sites is 1. The quantitative estimate of drug-likeness (QED) is 0.456. The van der Waals surface area contributed by atoms with Crippen LogP contribution in [0.4, 0.5) is 17.7 Å². The molecule has 0 spiro atoms. The maximum absolute atomic E-state index is 6.38. The number of hydrogen-bond donors (Lipinski definition) is 2. The molecule has 2 N–H and O–H groups in total. The van der Waals surface area contributed by atoms with Gasteiger partial charge in [0.25, 0.3) is 0 Å². The Balaban J connectivity index is 1.72. The van der Waals surface area contributed by atoms with Gasteiger partial charge in [0, 0.05) is 49.7 Å². The zero-order valence-electron chi connectivity index (χ0n) is 16.2. The molecule has 0 amide bonds. The number of fused-ring (bicyclic) bond motifs is 1. The van der Waals surface area contributed by atoms with Crippen LogP contribution in [0, 0.1) is 6.92 Å². The topological polar surface area (TPSA) is 70.9 Å². The first-order valence-electron chi connectivity index (χ1n) is 9.15. The van der Waals surface area contributed by atoms with E-state index < -0.39 is 0 Å². The van der Waals surface area contributed by atoms with E-state index in [1.807, 2.05) is 37.3 Å². The Morgan fingerprint density at radius 3 is 2.62 bits per heavy atom. The van der Waals surface area contributed by atoms with Gasteiger partial charge < -0.3 is 5.32 Å². The highest BCUT2D eigenvalue weighted by Crippen LogP contribution is 2.28. The van der Waals surface area contributed by atoms with Gasteiger partial charge in [-0.05, 0) is 19.1 Å². The summed E-state index contributed by atoms with van der Waals surface area (Å²) < 4.78 is 1.41. The predicted octanol–water partition coefficient (Wildman–Crippen LogP) is 4.62. The van der Waals surface area contributed by atoms with Crippen LogP contribution < -0.4 is 10.6 Å². The summed E-state index contributed by atoms with van der Waals surface area (Å²) in [5, 5.41) is 6.93. The smallest absolute Gasteiger partial charge is 0.231 e. The molecule has 2 aromatic heterocycles. The first kappa shape index (κ1) is 21.1. The third-order valence-corrected chi connectivity index (χ3v) is 4.81. The average Bonchev–Trinajstić information content (AvgIpc) is 2.99. The molecule has 0 saturated carbocycles. The van der Waals surface area contributed by atoms with Crippen molar-refractivity contribution >= 4 is 52.1 Å². The van der Waals surface area contributed by atoms with Crippen LogP contribution in [0.3, 0.4) is 0 Å². The van der Waals surface area contributed by atoms with Crippen molar-refractivity contribution in [2.24, 2.45) is 0 Å². The highest BCUT2D eigenvalue weighted by Gasteiger charge is 2.13. The summed E-state index contributed by atoms with van der Waals surface area (Å²) in [7, 11) is 0. The fourth-order valence-corrected chi connectivity index (χ4v) is 3.32. The van der Waals surface area contributed by atoms with Gasteiger partial charge in [0.1, 0.15) is 11.3 Å². The lowest BCUT2D eigenvalue weighted by atomic mass is 10.3. The summed E-state index contributed by atoms with van der Waals surface area (Å²) in [6, 6.07) is 7.32. The highest BCUT2D eigenvalue weighted by atomic mass is 35.5. The Morgan fingerprint density at radius 1 is 1.17 bits per heavy atom. The molecule has 0 fully saturated rings. The predicted molar refractivity (Wildman–Crippen MR) is 121 cm³/mol. The van der Waals surface area contributed by atoms with Gasteiger partial charge in [0.2, 0.25) is 11.9 Å². The molecule has 0 unspecified atom stereocenters. The third-order valence-electron chi connectivity index (χ3n) is 4.17. The van der Waals surface area contributed by atoms with Crippen LogP contribution in [0.15, 0.2) is 49.6 Å². The Labute approximate surface area is 180 Å². The SMILES string of the molecule is C=CCN(CC=C)CCNc1cc(C)nc(Nc2nc3c(Cl)cccc3n2Cl)n1. The minimum absolute atomic E-state index is 0.398. The van der Waals surface area contributed by atoms with Crippen LogP contribution in [-0.4, -0.2) is 50.1 Å². The number of hydrogen-bond acceptors (Lipinski definition) is 6. The van der Waals surface area contributed by atoms with E-state index in [0.717, 1.165) is 31.9 Å². The molecule has 0 aliphatic heterocycles. The lowest BCUT2D eigenvalue weighted by Gasteiger charge is -2.19. The largest absolute Gasteiger partial charge is 0.369 e. The van der Waals surface area contributed by atoms with Crippen LogP contribution in [0.5, 0.6) is 0 Å². The number of rotatable bonds is 10. The Hall–Kier alpha value is -2.61. The molecule has 1 aromatic carbocycles. The van der Waals surface area contributed by atoms with Crippen LogP contribution in [-0.2, 0) is 0 Å². The second-order valence-electron chi connectivity index (χ2n) is 6.43. The van der Waals surface area contributed by atoms with Gasteiger partial charge in [0.15, 0.2) is 0 Å². The van der Waals surface area contributed by atoms with Crippen molar-refractivity contribution < 1.29 is 0 Å². The molecule has 3 aromatic rings. The summed E-state index contributed by atoms with van der Waals surface area (Å²) in [6.07, 6.45) is 3.76. The van der Waals surface area contributed by atoms with Gasteiger partial charge in [-0.3, -0.25) is 10.2 Å². The second-order valence-corrected chi connectivity index (χ2v) is 7.18. The van der Waals surface area contributed by atoms with E-state index in [1.165, 1.54) is 4.09 Å². The fraction of sp³-hybridized carbons (Fsp3) is 0.250. The number of nitrogens with zero attached hydrogens (tertiary/aromatic N) is 5. The molecule has 2 heterocycles. The second kappa shape index (κ2) is 9.73. The van der Waals surface area contributed by atoms with Crippen LogP contribution >= 0.6 is 23.4 Å². The molecule has 0 aliphatic rings. The van der Waals surface area contributed by atoms with E-state index in [-0.39, 0.29) is 0 Å². The van der Waals surface area contributed by atoms with Crippen LogP contribution in [0.1, 0.15) is 5.69 Å². The molecule has 9 heteroatoms. The summed E-state index contributed by atoms with van der Waals surface area (Å²) in [5.74, 6) is 1.51. The summed E-state index contributed by atoms with van der Waals surface area (Å²) in [6.45, 7) is 12.6. The van der Waals surface area contributed by atoms with E-state index in [4.69, 9.17) is 23.4 Å². The Morgan fingerprint density at radius 2 is 1.93 bits per heavy atom. The van der Waals surface area contributed by atoms with E-state index in [0.29, 0.717) is 33.8 Å². The Bertz CT molecular complexity index is 1010. The fourth-order valence-electron chi connectivity index (χ4n) is 2.89. The average molecular weight is 432 g/mol. The molecule has 0 radical (unpaired) electrons. The van der Waals surface area contributed by atoms with Crippen molar-refractivity contribution in [2.75, 3.05) is 36.8 Å². The highest BCUT2D eigenvalue weighted by molar-refractivity contribution is 6.35. The first-order valence-corrected chi connectivity index (χ1v) is 9.87. The van der Waals surface area contributed by atoms with Crippen molar-refractivity contribution in [3.8, 4) is 0 Å². The minimum atomic E-state index is 0.398. The van der Waals surface area contributed by atoms with Crippen molar-refractivity contribution in [3.05, 3.63) is 60.3 Å². The number of benzene rings is 1. The number of halogens is 2. The van der Waals surface area contributed by atoms with Crippen LogP contribution in [0.2, 0.25) is 5.02 Å². The molecule has 29 heavy (non-hydrogen) atoms. The number of aryl methyl sites for hydroxylation is 1. The van der Waals surface area contributed by atoms with E-state index in [1.54, 1.807) is 6.07 Å². The molecule has 7 nitrogen and oxygen atoms in total. The molecule has 0 aliphatic carbocycles. The number of nitrogens with one attached hydrogen (secondary N) is 2. The number of anilines is 3. The zero-order chi connectivity index (χ0) is 20.8. The maximum atomic E-state index is 6.38. The maximum Gasteiger partial charge on any atom is 0.231 e. The standard InChI is InChI=1S/C20H23Cl2N7/c1-4-10-28(11-5-2)12-9-23-17-13-14(3)24-19(25-17)27-20-26-18-15(21)7-6-8-16(18)29(20)22/h4-8,13H,1-2,9-12H2,3H3,(H2,23,24,25,26,27). The summed E-state index contributed by atoms with van der Waals surface area (Å²) in [5.41, 5.74) is 2.13. The van der Waals surface area contributed by atoms with Gasteiger partial charge >= 0.3 is 0 Å². The van der Waals surface area contributed by atoms with Gasteiger partial charge in [-0.1, -0.05) is 29.8 Å². The van der Waals surface area contributed by atoms with Crippen molar-refractivity contribution in [3.63, 3.8) is 0 Å². The van der Waals surface area contributed by atoms with Gasteiger partial charge in [0.05, 0.1) is 10.5 Å². The Kier molecular flexibility index (Phi) is 7.09. The van der Waals surface area contributed by atoms with E-state index in [9.17, 15) is 0 Å². The van der Waals surface area contributed by atoms with Gasteiger partial charge in [-0.15, -0.1) is 13.2 Å². The lowest BCUT2D eigenvalue weighted by Crippen LogP contribution is -2.29.